The molecule has 2 aliphatic heterocycles. The third-order valence-corrected chi connectivity index (χ3v) is 15.8. The first-order chi connectivity index (χ1) is 37.0. The molecule has 2 aromatic carbocycles. The van der Waals surface area contributed by atoms with E-state index in [0.717, 1.165) is 10.5 Å². The number of aliphatic hydroxyl groups is 1. The maximum atomic E-state index is 15.3. The average molecular weight is 1100 g/mol. The zero-order valence-corrected chi connectivity index (χ0v) is 49.8. The Balaban J connectivity index is 1.98. The van der Waals surface area contributed by atoms with Crippen molar-refractivity contribution in [2.24, 2.45) is 29.6 Å². The molecular weight excluding hydrogens is 1010 g/mol. The lowest BCUT2D eigenvalue weighted by Crippen LogP contribution is -2.63. The molecule has 0 aliphatic carbocycles. The predicted molar refractivity (Wildman–Crippen MR) is 301 cm³/mol. The highest BCUT2D eigenvalue weighted by Gasteiger charge is 2.48. The number of hydrogen-bond donors (Lipinski definition) is 4. The minimum atomic E-state index is -1.97. The Labute approximate surface area is 469 Å². The second-order valence-corrected chi connectivity index (χ2v) is 23.7. The van der Waals surface area contributed by atoms with Crippen LogP contribution in [0.3, 0.4) is 0 Å². The number of carbonyl (C=O) groups is 9. The Hall–Kier alpha value is -6.37. The van der Waals surface area contributed by atoms with Gasteiger partial charge in [0.2, 0.25) is 41.4 Å². The molecule has 4 N–H and O–H groups in total. The Morgan fingerprint density at radius 3 is 1.54 bits per heavy atom. The van der Waals surface area contributed by atoms with Crippen LogP contribution in [0.4, 0.5) is 0 Å². The first-order valence-corrected chi connectivity index (χ1v) is 28.3. The summed E-state index contributed by atoms with van der Waals surface area (Å²) >= 11 is 0. The van der Waals surface area contributed by atoms with Crippen LogP contribution in [-0.4, -0.2) is 178 Å². The fourth-order valence-electron chi connectivity index (χ4n) is 11.0. The van der Waals surface area contributed by atoms with E-state index in [9.17, 15) is 38.7 Å². The predicted octanol–water partition coefficient (Wildman–Crippen LogP) is 4.37. The third-order valence-electron chi connectivity index (χ3n) is 15.8. The molecule has 0 bridgehead atoms. The molecule has 2 aliphatic rings. The third kappa shape index (κ3) is 16.4. The second-order valence-electron chi connectivity index (χ2n) is 23.7. The van der Waals surface area contributed by atoms with Gasteiger partial charge in [0.05, 0.1) is 5.60 Å². The molecule has 2 heterocycles. The van der Waals surface area contributed by atoms with Crippen molar-refractivity contribution in [2.45, 2.75) is 188 Å². The number of hydrogen-bond acceptors (Lipinski definition) is 11. The van der Waals surface area contributed by atoms with Gasteiger partial charge in [0.25, 0.3) is 5.91 Å². The topological polar surface area (TPSA) is 235 Å². The second kappa shape index (κ2) is 28.7. The zero-order chi connectivity index (χ0) is 59.4. The Bertz CT molecular complexity index is 2430. The summed E-state index contributed by atoms with van der Waals surface area (Å²) in [6.45, 7) is 20.6. The van der Waals surface area contributed by atoms with Crippen LogP contribution in [0.2, 0.25) is 0 Å². The quantitative estimate of drug-likeness (QED) is 0.206. The van der Waals surface area contributed by atoms with E-state index in [4.69, 9.17) is 4.74 Å². The van der Waals surface area contributed by atoms with Crippen molar-refractivity contribution in [3.05, 3.63) is 71.8 Å². The fourth-order valence-corrected chi connectivity index (χ4v) is 11.0. The van der Waals surface area contributed by atoms with E-state index >= 15 is 9.59 Å². The highest BCUT2D eigenvalue weighted by molar-refractivity contribution is 5.99. The van der Waals surface area contributed by atoms with E-state index in [2.05, 4.69) is 16.0 Å². The summed E-state index contributed by atoms with van der Waals surface area (Å²) in [6, 6.07) is 8.11. The maximum Gasteiger partial charge on any atom is 0.332 e. The van der Waals surface area contributed by atoms with Gasteiger partial charge < -0.3 is 50.3 Å². The lowest BCUT2D eigenvalue weighted by molar-refractivity contribution is -0.177. The number of rotatable bonds is 13. The van der Waals surface area contributed by atoms with E-state index in [0.29, 0.717) is 24.8 Å². The number of carbonyl (C=O) groups excluding carboxylic acids is 9. The van der Waals surface area contributed by atoms with Gasteiger partial charge in [-0.2, -0.15) is 0 Å². The van der Waals surface area contributed by atoms with Crippen molar-refractivity contribution in [2.75, 3.05) is 34.7 Å². The van der Waals surface area contributed by atoms with Crippen molar-refractivity contribution in [3.63, 3.8) is 0 Å². The molecule has 19 heteroatoms. The van der Waals surface area contributed by atoms with Crippen molar-refractivity contribution in [1.29, 1.82) is 0 Å². The Morgan fingerprint density at radius 1 is 0.582 bits per heavy atom. The molecule has 8 amide bonds. The van der Waals surface area contributed by atoms with Crippen LogP contribution in [0.5, 0.6) is 0 Å². The molecule has 19 nitrogen and oxygen atoms in total. The molecule has 11 atom stereocenters. The highest BCUT2D eigenvalue weighted by Crippen LogP contribution is 2.27. The number of cyclic esters (lactones) is 1. The van der Waals surface area contributed by atoms with Crippen LogP contribution in [0, 0.1) is 29.6 Å². The summed E-state index contributed by atoms with van der Waals surface area (Å²) in [4.78, 5) is 140. The first kappa shape index (κ1) is 65.2. The van der Waals surface area contributed by atoms with E-state index in [1.165, 1.54) is 61.6 Å². The summed E-state index contributed by atoms with van der Waals surface area (Å²) in [7, 11) is 5.67. The number of benzene rings is 2. The largest absolute Gasteiger partial charge is 0.450 e. The van der Waals surface area contributed by atoms with Gasteiger partial charge in [0.15, 0.2) is 12.1 Å². The van der Waals surface area contributed by atoms with Crippen molar-refractivity contribution < 1.29 is 53.0 Å². The van der Waals surface area contributed by atoms with Crippen LogP contribution in [0.25, 0.3) is 0 Å². The summed E-state index contributed by atoms with van der Waals surface area (Å²) < 4.78 is 6.09. The smallest absolute Gasteiger partial charge is 0.332 e. The van der Waals surface area contributed by atoms with Crippen LogP contribution in [-0.2, 0) is 60.7 Å². The zero-order valence-electron chi connectivity index (χ0n) is 49.8. The molecular formula is C60H92N8O11. The Morgan fingerprint density at radius 2 is 1.06 bits per heavy atom. The average Bonchev–Trinajstić information content (AvgIpc) is 3.89. The molecule has 79 heavy (non-hydrogen) atoms. The van der Waals surface area contributed by atoms with Gasteiger partial charge in [-0.1, -0.05) is 136 Å². The lowest BCUT2D eigenvalue weighted by atomic mass is 9.93. The summed E-state index contributed by atoms with van der Waals surface area (Å²) in [5.74, 6) is -8.65. The molecule has 0 saturated carbocycles. The number of nitrogens with one attached hydrogen (secondary N) is 3. The van der Waals surface area contributed by atoms with Crippen molar-refractivity contribution >= 4 is 53.2 Å². The van der Waals surface area contributed by atoms with E-state index in [1.807, 2.05) is 57.2 Å². The molecule has 4 rings (SSSR count). The Kier molecular flexibility index (Phi) is 23.6. The van der Waals surface area contributed by atoms with Crippen LogP contribution in [0.1, 0.15) is 126 Å². The number of ether oxygens (including phenoxy) is 1. The summed E-state index contributed by atoms with van der Waals surface area (Å²) in [6.07, 6.45) is 0.101. The standard InChI is InChI=1S/C60H92N8O11/c1-17-38(9)46-57(75)65(14)47(36(5)6)52(70)61-42(32-35(3)4)55(73)67(16)50(60(11,12)78)59(77)79-49(39(10)18-2)58(76)66(15)48(37(7)8)53(71)62-43(33-40-26-21-19-22-27-40)54(72)64(13)45(34-41-28-23-20-24-29-41)56(74)68-31-25-30-44(68)51(69)63-46/h19-24,26-29,35-39,42-50,78H,17-18,25,30-34H2,1-16H3,(H,61,70)(H,62,71)(H,63,69)/t38-,39-,42+,43+,44+,45+,46?,47+,48+,49?,50-/m1/s1. The molecule has 2 fully saturated rings. The molecule has 0 spiro atoms. The lowest BCUT2D eigenvalue weighted by Gasteiger charge is -2.39. The number of nitrogens with zero attached hydrogens (tertiary/aromatic N) is 5. The molecule has 0 aromatic heterocycles. The van der Waals surface area contributed by atoms with Crippen LogP contribution >= 0.6 is 0 Å². The van der Waals surface area contributed by atoms with Crippen molar-refractivity contribution in [3.8, 4) is 0 Å². The number of fused-ring (bicyclic) bond motifs is 1. The number of likely N-dealkylation sites (N-methyl/N-ethyl adjacent to an activating group) is 4. The van der Waals surface area contributed by atoms with Crippen molar-refractivity contribution in [1.82, 2.24) is 40.4 Å². The number of amides is 8. The maximum absolute atomic E-state index is 15.3. The molecule has 2 saturated heterocycles. The fraction of sp³-hybridized carbons (Fsp3) is 0.650. The molecule has 438 valence electrons. The summed E-state index contributed by atoms with van der Waals surface area (Å²) in [5.41, 5.74) is -0.551. The monoisotopic (exact) mass is 1100 g/mol. The van der Waals surface area contributed by atoms with Gasteiger partial charge in [-0.25, -0.2) is 4.79 Å². The van der Waals surface area contributed by atoms with Crippen LogP contribution < -0.4 is 16.0 Å². The van der Waals surface area contributed by atoms with E-state index in [1.54, 1.807) is 72.7 Å². The SMILES string of the molecule is CC[C@@H](C)C1NC(=O)[C@@H]2CCCN2C(=O)[C@H](Cc2ccccc2)N(C)C(=O)[C@H](Cc2ccccc2)NC(=O)[C@H](C(C)C)N(C)C(=O)C([C@H](C)CC)OC(=O)[C@H](C(C)(C)O)N(C)C(=O)[C@H](CC(C)C)NC(=O)[C@H](C(C)C)N(C)C1=O. The first-order valence-electron chi connectivity index (χ1n) is 28.3. The highest BCUT2D eigenvalue weighted by atomic mass is 16.6. The van der Waals surface area contributed by atoms with Gasteiger partial charge in [-0.3, -0.25) is 38.4 Å². The molecule has 0 radical (unpaired) electrons. The summed E-state index contributed by atoms with van der Waals surface area (Å²) in [5, 5.41) is 20.5. The van der Waals surface area contributed by atoms with Crippen LogP contribution in [0.15, 0.2) is 60.7 Å². The minimum Gasteiger partial charge on any atom is -0.450 e. The molecule has 2 unspecified atom stereocenters. The van der Waals surface area contributed by atoms with Gasteiger partial charge in [-0.05, 0) is 74.3 Å². The van der Waals surface area contributed by atoms with Gasteiger partial charge in [0.1, 0.15) is 42.3 Å². The normalized spacial score (nSPS) is 26.5. The van der Waals surface area contributed by atoms with Gasteiger partial charge >= 0.3 is 5.97 Å². The molecule has 2 aromatic rings. The van der Waals surface area contributed by atoms with E-state index in [-0.39, 0.29) is 38.1 Å². The minimum absolute atomic E-state index is 0.00676. The van der Waals surface area contributed by atoms with E-state index < -0.39 is 137 Å². The van der Waals surface area contributed by atoms with Gasteiger partial charge in [0, 0.05) is 53.5 Å². The number of esters is 1. The van der Waals surface area contributed by atoms with Gasteiger partial charge in [-0.15, -0.1) is 0 Å².